The first-order valence-corrected chi connectivity index (χ1v) is 11.9. The van der Waals surface area contributed by atoms with Crippen LogP contribution in [-0.2, 0) is 6.54 Å². The Hall–Kier alpha value is -4.75. The minimum atomic E-state index is -2.98. The standard InChI is InChI=1S/C25H19F3N6O5/c26-16-6-12(23-30-31-24(39-23)22(27)28)8-29-17(16)11-33(13-4-2-1-3-5-13)19-18(20(35)21(19)36)32-9-15-7-14(32)10-34(15)25(37)38/h1-6,8,14-15,22H,7,9-11H2,(H,37,38)/t14-,15-/m0/s1. The van der Waals surface area contributed by atoms with Gasteiger partial charge in [0.15, 0.2) is 0 Å². The lowest BCUT2D eigenvalue weighted by Crippen LogP contribution is -2.53. The number of fused-ring (bicyclic) bond motifs is 2. The predicted molar refractivity (Wildman–Crippen MR) is 130 cm³/mol. The number of likely N-dealkylation sites (tertiary alicyclic amines) is 1. The number of pyridine rings is 1. The van der Waals surface area contributed by atoms with Crippen LogP contribution in [0, 0.1) is 5.82 Å². The van der Waals surface area contributed by atoms with Gasteiger partial charge in [0.1, 0.15) is 17.2 Å². The Bertz CT molecular complexity index is 1640. The van der Waals surface area contributed by atoms with Gasteiger partial charge in [0.2, 0.25) is 5.89 Å². The van der Waals surface area contributed by atoms with Crippen LogP contribution in [0.3, 0.4) is 0 Å². The maximum absolute atomic E-state index is 15.2. The van der Waals surface area contributed by atoms with E-state index in [4.69, 9.17) is 4.42 Å². The number of nitrogens with zero attached hydrogens (tertiary/aromatic N) is 6. The Balaban J connectivity index is 1.34. The van der Waals surface area contributed by atoms with Crippen LogP contribution in [0.15, 0.2) is 56.6 Å². The quantitative estimate of drug-likeness (QED) is 0.349. The van der Waals surface area contributed by atoms with E-state index < -0.39 is 35.1 Å². The van der Waals surface area contributed by atoms with E-state index in [0.717, 1.165) is 6.07 Å². The van der Waals surface area contributed by atoms with Gasteiger partial charge in [-0.15, -0.1) is 10.2 Å². The van der Waals surface area contributed by atoms with Gasteiger partial charge in [-0.3, -0.25) is 14.6 Å². The summed E-state index contributed by atoms with van der Waals surface area (Å²) in [6, 6.07) is 9.05. The molecule has 39 heavy (non-hydrogen) atoms. The third-order valence-electron chi connectivity index (χ3n) is 7.07. The first kappa shape index (κ1) is 24.6. The van der Waals surface area contributed by atoms with Crippen LogP contribution < -0.4 is 20.7 Å². The maximum Gasteiger partial charge on any atom is 0.407 e. The van der Waals surface area contributed by atoms with Gasteiger partial charge in [-0.1, -0.05) is 18.2 Å². The molecule has 2 aliphatic heterocycles. The minimum Gasteiger partial charge on any atom is -0.465 e. The lowest BCUT2D eigenvalue weighted by atomic mass is 10.1. The monoisotopic (exact) mass is 540 g/mol. The number of para-hydroxylation sites is 1. The molecule has 4 aromatic rings. The number of halogens is 3. The summed E-state index contributed by atoms with van der Waals surface area (Å²) >= 11 is 0. The van der Waals surface area contributed by atoms with E-state index in [-0.39, 0.29) is 60.2 Å². The predicted octanol–water partition coefficient (Wildman–Crippen LogP) is 3.08. The van der Waals surface area contributed by atoms with Crippen molar-refractivity contribution in [3.05, 3.63) is 80.4 Å². The lowest BCUT2D eigenvalue weighted by molar-refractivity contribution is 0.116. The molecule has 1 N–H and O–H groups in total. The third-order valence-corrected chi connectivity index (χ3v) is 7.07. The molecule has 14 heteroatoms. The van der Waals surface area contributed by atoms with E-state index in [1.54, 1.807) is 35.2 Å². The number of benzene rings is 1. The van der Waals surface area contributed by atoms with Crippen molar-refractivity contribution in [1.29, 1.82) is 0 Å². The molecular formula is C25H19F3N6O5. The number of piperazine rings is 1. The van der Waals surface area contributed by atoms with Crippen LogP contribution in [0.25, 0.3) is 11.5 Å². The minimum absolute atomic E-state index is 0.00668. The molecule has 4 heterocycles. The molecular weight excluding hydrogens is 521 g/mol. The van der Waals surface area contributed by atoms with Gasteiger partial charge in [0, 0.05) is 31.0 Å². The van der Waals surface area contributed by atoms with Gasteiger partial charge in [-0.05, 0) is 24.6 Å². The fourth-order valence-electron chi connectivity index (χ4n) is 5.26. The number of aromatic nitrogens is 3. The van der Waals surface area contributed by atoms with Crippen LogP contribution in [-0.4, -0.2) is 56.5 Å². The van der Waals surface area contributed by atoms with Crippen molar-refractivity contribution >= 4 is 23.2 Å². The van der Waals surface area contributed by atoms with E-state index in [1.165, 1.54) is 16.0 Å². The molecule has 1 amide bonds. The number of anilines is 3. The highest BCUT2D eigenvalue weighted by atomic mass is 19.3. The molecule has 0 radical (unpaired) electrons. The highest BCUT2D eigenvalue weighted by Crippen LogP contribution is 2.39. The summed E-state index contributed by atoms with van der Waals surface area (Å²) in [5, 5.41) is 16.1. The van der Waals surface area contributed by atoms with Crippen LogP contribution >= 0.6 is 0 Å². The second-order valence-corrected chi connectivity index (χ2v) is 9.31. The second-order valence-electron chi connectivity index (χ2n) is 9.31. The molecule has 0 aliphatic carbocycles. The first-order chi connectivity index (χ1) is 18.7. The summed E-state index contributed by atoms with van der Waals surface area (Å²) in [6.45, 7) is 0.247. The topological polar surface area (TPSA) is 133 Å². The number of carbonyl (C=O) groups is 1. The zero-order chi connectivity index (χ0) is 27.4. The Morgan fingerprint density at radius 1 is 1.13 bits per heavy atom. The van der Waals surface area contributed by atoms with E-state index in [2.05, 4.69) is 15.2 Å². The molecule has 0 unspecified atom stereocenters. The largest absolute Gasteiger partial charge is 0.465 e. The fraction of sp³-hybridized carbons (Fsp3) is 0.280. The molecule has 0 saturated carbocycles. The molecule has 2 fully saturated rings. The number of alkyl halides is 2. The molecule has 11 nitrogen and oxygen atoms in total. The molecule has 2 bridgehead atoms. The fourth-order valence-corrected chi connectivity index (χ4v) is 5.26. The normalized spacial score (nSPS) is 18.5. The van der Waals surface area contributed by atoms with Crippen molar-refractivity contribution in [3.8, 4) is 11.5 Å². The smallest absolute Gasteiger partial charge is 0.407 e. The van der Waals surface area contributed by atoms with Gasteiger partial charge in [-0.2, -0.15) is 8.78 Å². The average molecular weight is 540 g/mol. The molecule has 200 valence electrons. The summed E-state index contributed by atoms with van der Waals surface area (Å²) in [6.07, 6.45) is -2.29. The number of rotatable bonds is 7. The highest BCUT2D eigenvalue weighted by Gasteiger charge is 2.48. The highest BCUT2D eigenvalue weighted by molar-refractivity contribution is 5.82. The maximum atomic E-state index is 15.2. The van der Waals surface area contributed by atoms with Gasteiger partial charge in [0.05, 0.1) is 23.8 Å². The number of hydrogen-bond donors (Lipinski definition) is 1. The SMILES string of the molecule is O=C(O)N1C[C@@H]2C[C@H]1CN2c1c(N(Cc2ncc(-c3nnc(C(F)F)o3)cc2F)c2ccccc2)c(=O)c1=O. The van der Waals surface area contributed by atoms with Crippen molar-refractivity contribution in [2.45, 2.75) is 31.5 Å². The number of hydrogen-bond acceptors (Lipinski definition) is 9. The average Bonchev–Trinajstić information content (AvgIpc) is 3.68. The van der Waals surface area contributed by atoms with Crippen molar-refractivity contribution in [3.63, 3.8) is 0 Å². The van der Waals surface area contributed by atoms with Gasteiger partial charge >= 0.3 is 12.5 Å². The van der Waals surface area contributed by atoms with Crippen molar-refractivity contribution in [2.75, 3.05) is 22.9 Å². The Kier molecular flexibility index (Phi) is 5.81. The van der Waals surface area contributed by atoms with Crippen LogP contribution in [0.4, 0.5) is 35.0 Å². The van der Waals surface area contributed by atoms with Crippen LogP contribution in [0.2, 0.25) is 0 Å². The Labute approximate surface area is 217 Å². The van der Waals surface area contributed by atoms with Gasteiger partial charge in [0.25, 0.3) is 16.7 Å². The number of carboxylic acid groups (broad SMARTS) is 1. The van der Waals surface area contributed by atoms with E-state index in [9.17, 15) is 28.3 Å². The van der Waals surface area contributed by atoms with Gasteiger partial charge < -0.3 is 24.2 Å². The van der Waals surface area contributed by atoms with E-state index in [1.807, 2.05) is 0 Å². The van der Waals surface area contributed by atoms with E-state index in [0.29, 0.717) is 12.1 Å². The molecule has 0 spiro atoms. The summed E-state index contributed by atoms with van der Waals surface area (Å²) < 4.78 is 45.6. The van der Waals surface area contributed by atoms with Crippen molar-refractivity contribution in [1.82, 2.24) is 20.1 Å². The Morgan fingerprint density at radius 3 is 2.51 bits per heavy atom. The lowest BCUT2D eigenvalue weighted by Gasteiger charge is -2.37. The molecule has 2 atom stereocenters. The van der Waals surface area contributed by atoms with Gasteiger partial charge in [-0.25, -0.2) is 9.18 Å². The zero-order valence-corrected chi connectivity index (χ0v) is 20.0. The first-order valence-electron chi connectivity index (χ1n) is 11.9. The van der Waals surface area contributed by atoms with Crippen molar-refractivity contribution < 1.29 is 27.5 Å². The summed E-state index contributed by atoms with van der Waals surface area (Å²) in [7, 11) is 0. The van der Waals surface area contributed by atoms with E-state index >= 15 is 4.39 Å². The van der Waals surface area contributed by atoms with Crippen LogP contribution in [0.5, 0.6) is 0 Å². The Morgan fingerprint density at radius 2 is 1.90 bits per heavy atom. The van der Waals surface area contributed by atoms with Crippen molar-refractivity contribution in [2.24, 2.45) is 0 Å². The summed E-state index contributed by atoms with van der Waals surface area (Å²) in [5.74, 6) is -2.05. The van der Waals surface area contributed by atoms with Crippen LogP contribution in [0.1, 0.15) is 24.4 Å². The second kappa shape index (κ2) is 9.22. The molecule has 2 aliphatic rings. The third kappa shape index (κ3) is 4.08. The zero-order valence-electron chi connectivity index (χ0n) is 20.0. The molecule has 2 aromatic heterocycles. The number of amides is 1. The summed E-state index contributed by atoms with van der Waals surface area (Å²) in [5.41, 5.74) is -0.771. The molecule has 2 saturated heterocycles. The molecule has 6 rings (SSSR count). The summed E-state index contributed by atoms with van der Waals surface area (Å²) in [4.78, 5) is 45.9. The molecule has 2 aromatic carbocycles.